The van der Waals surface area contributed by atoms with Gasteiger partial charge in [-0.2, -0.15) is 0 Å². The number of carbonyl (C=O) groups is 3. The van der Waals surface area contributed by atoms with Gasteiger partial charge in [0, 0.05) is 24.4 Å². The van der Waals surface area contributed by atoms with Crippen LogP contribution in [0.1, 0.15) is 19.3 Å². The van der Waals surface area contributed by atoms with Crippen LogP contribution in [0.25, 0.3) is 0 Å². The summed E-state index contributed by atoms with van der Waals surface area (Å²) in [6.45, 7) is 0.571. The van der Waals surface area contributed by atoms with Gasteiger partial charge in [-0.3, -0.25) is 14.4 Å². The number of thioether (sulfide) groups is 1. The fourth-order valence-corrected chi connectivity index (χ4v) is 4.08. The number of para-hydroxylation sites is 1. The number of aliphatic hydroxyl groups excluding tert-OH is 1. The number of β-amino-alcohol motifs (C(OH)–C–C–N with tert-alkyl or cyclic N) is 1. The molecule has 4 N–H and O–H groups in total. The molecule has 0 aromatic heterocycles. The molecule has 2 fully saturated rings. The average molecular weight is 393 g/mol. The zero-order chi connectivity index (χ0) is 19.4. The minimum absolute atomic E-state index is 0.130. The molecular formula is C18H23N3O5S. The predicted octanol–water partition coefficient (Wildman–Crippen LogP) is -0.159. The maximum atomic E-state index is 12.4. The Morgan fingerprint density at radius 1 is 1.30 bits per heavy atom. The van der Waals surface area contributed by atoms with Crippen molar-refractivity contribution in [1.29, 1.82) is 0 Å². The molecule has 0 bridgehead atoms. The number of phenols is 1. The highest BCUT2D eigenvalue weighted by Gasteiger charge is 2.34. The van der Waals surface area contributed by atoms with Gasteiger partial charge in [0.2, 0.25) is 17.7 Å². The quantitative estimate of drug-likeness (QED) is 0.516. The van der Waals surface area contributed by atoms with Crippen LogP contribution in [0.2, 0.25) is 0 Å². The standard InChI is InChI=1S/C18H23N3O5S/c22-13-3-1-2-4-15(13)27-10-17(25)21-8-7-11(14(23)9-21)20-18(26)12-5-6-16(24)19-12/h1-4,11-12,14,22-23H,5-10H2,(H,19,24)(H,20,26)/t11-,12?,14-/m1/s1. The van der Waals surface area contributed by atoms with E-state index in [9.17, 15) is 24.6 Å². The highest BCUT2D eigenvalue weighted by atomic mass is 32.2. The first kappa shape index (κ1) is 19.5. The largest absolute Gasteiger partial charge is 0.507 e. The van der Waals surface area contributed by atoms with Crippen LogP contribution >= 0.6 is 11.8 Å². The second-order valence-electron chi connectivity index (χ2n) is 6.73. The van der Waals surface area contributed by atoms with Crippen molar-refractivity contribution < 1.29 is 24.6 Å². The number of aromatic hydroxyl groups is 1. The molecule has 2 heterocycles. The molecule has 0 spiro atoms. The van der Waals surface area contributed by atoms with Crippen LogP contribution in [-0.2, 0) is 14.4 Å². The zero-order valence-electron chi connectivity index (χ0n) is 14.8. The third-order valence-electron chi connectivity index (χ3n) is 4.79. The van der Waals surface area contributed by atoms with Crippen LogP contribution in [0.5, 0.6) is 5.75 Å². The fraction of sp³-hybridized carbons (Fsp3) is 0.500. The highest BCUT2D eigenvalue weighted by molar-refractivity contribution is 8.00. The lowest BCUT2D eigenvalue weighted by molar-refractivity contribution is -0.133. The Morgan fingerprint density at radius 2 is 2.07 bits per heavy atom. The van der Waals surface area contributed by atoms with Gasteiger partial charge < -0.3 is 25.7 Å². The van der Waals surface area contributed by atoms with E-state index in [4.69, 9.17) is 0 Å². The summed E-state index contributed by atoms with van der Waals surface area (Å²) in [5.41, 5.74) is 0. The third-order valence-corrected chi connectivity index (χ3v) is 5.84. The number of likely N-dealkylation sites (tertiary alicyclic amines) is 1. The van der Waals surface area contributed by atoms with E-state index < -0.39 is 18.2 Å². The van der Waals surface area contributed by atoms with E-state index in [-0.39, 0.29) is 35.8 Å². The predicted molar refractivity (Wildman–Crippen MR) is 99.1 cm³/mol. The normalized spacial score (nSPS) is 25.1. The SMILES string of the molecule is O=C1CCC(C(=O)N[C@@H]2CCN(C(=O)CSc3ccccc3O)C[C@H]2O)N1. The van der Waals surface area contributed by atoms with E-state index in [1.165, 1.54) is 11.8 Å². The van der Waals surface area contributed by atoms with Crippen LogP contribution in [0.4, 0.5) is 0 Å². The van der Waals surface area contributed by atoms with Crippen LogP contribution < -0.4 is 10.6 Å². The maximum Gasteiger partial charge on any atom is 0.242 e. The van der Waals surface area contributed by atoms with Gasteiger partial charge >= 0.3 is 0 Å². The molecule has 27 heavy (non-hydrogen) atoms. The van der Waals surface area contributed by atoms with Crippen LogP contribution in [0.3, 0.4) is 0 Å². The molecule has 1 aromatic carbocycles. The summed E-state index contributed by atoms with van der Waals surface area (Å²) in [6, 6.07) is 5.83. The fourth-order valence-electron chi connectivity index (χ4n) is 3.23. The minimum atomic E-state index is -0.862. The molecule has 1 unspecified atom stereocenters. The van der Waals surface area contributed by atoms with Gasteiger partial charge in [0.05, 0.1) is 17.9 Å². The lowest BCUT2D eigenvalue weighted by Crippen LogP contribution is -2.57. The summed E-state index contributed by atoms with van der Waals surface area (Å²) >= 11 is 1.25. The van der Waals surface area contributed by atoms with Crippen molar-refractivity contribution in [1.82, 2.24) is 15.5 Å². The lowest BCUT2D eigenvalue weighted by Gasteiger charge is -2.36. The van der Waals surface area contributed by atoms with E-state index in [2.05, 4.69) is 10.6 Å². The van der Waals surface area contributed by atoms with Gasteiger partial charge in [0.25, 0.3) is 0 Å². The highest BCUT2D eigenvalue weighted by Crippen LogP contribution is 2.28. The first-order chi connectivity index (χ1) is 12.9. The molecule has 2 saturated heterocycles. The number of benzene rings is 1. The smallest absolute Gasteiger partial charge is 0.242 e. The van der Waals surface area contributed by atoms with Crippen molar-refractivity contribution in [3.05, 3.63) is 24.3 Å². The molecule has 3 amide bonds. The molecular weight excluding hydrogens is 370 g/mol. The molecule has 8 nitrogen and oxygen atoms in total. The summed E-state index contributed by atoms with van der Waals surface area (Å²) in [6.07, 6.45) is 0.378. The van der Waals surface area contributed by atoms with Gasteiger partial charge in [-0.1, -0.05) is 12.1 Å². The van der Waals surface area contributed by atoms with Crippen molar-refractivity contribution in [2.75, 3.05) is 18.8 Å². The van der Waals surface area contributed by atoms with Crippen LogP contribution in [0.15, 0.2) is 29.2 Å². The third kappa shape index (κ3) is 4.92. The number of nitrogens with zero attached hydrogens (tertiary/aromatic N) is 1. The van der Waals surface area contributed by atoms with Crippen molar-refractivity contribution in [3.63, 3.8) is 0 Å². The van der Waals surface area contributed by atoms with Crippen molar-refractivity contribution >= 4 is 29.5 Å². The molecule has 1 aromatic rings. The number of hydrogen-bond acceptors (Lipinski definition) is 6. The number of amides is 3. The Balaban J connectivity index is 1.46. The molecule has 3 atom stereocenters. The number of rotatable bonds is 5. The molecule has 0 saturated carbocycles. The molecule has 2 aliphatic heterocycles. The van der Waals surface area contributed by atoms with E-state index >= 15 is 0 Å². The number of piperidine rings is 1. The summed E-state index contributed by atoms with van der Waals surface area (Å²) in [5, 5.41) is 25.4. The van der Waals surface area contributed by atoms with E-state index in [0.29, 0.717) is 30.7 Å². The first-order valence-electron chi connectivity index (χ1n) is 8.90. The van der Waals surface area contributed by atoms with Crippen molar-refractivity contribution in [3.8, 4) is 5.75 Å². The number of phenolic OH excluding ortho intramolecular Hbond substituents is 1. The number of carbonyl (C=O) groups excluding carboxylic acids is 3. The molecule has 2 aliphatic rings. The van der Waals surface area contributed by atoms with Crippen LogP contribution in [0, 0.1) is 0 Å². The molecule has 146 valence electrons. The lowest BCUT2D eigenvalue weighted by atomic mass is 10.0. The Labute approximate surface area is 161 Å². The second-order valence-corrected chi connectivity index (χ2v) is 7.74. The summed E-state index contributed by atoms with van der Waals surface area (Å²) in [4.78, 5) is 38.0. The Hall–Kier alpha value is -2.26. The van der Waals surface area contributed by atoms with Gasteiger partial charge in [-0.25, -0.2) is 0 Å². The van der Waals surface area contributed by atoms with Gasteiger partial charge in [0.15, 0.2) is 0 Å². The second kappa shape index (κ2) is 8.62. The summed E-state index contributed by atoms with van der Waals surface area (Å²) in [5.74, 6) is -0.265. The molecule has 0 radical (unpaired) electrons. The van der Waals surface area contributed by atoms with E-state index in [1.807, 2.05) is 0 Å². The maximum absolute atomic E-state index is 12.4. The monoisotopic (exact) mass is 393 g/mol. The summed E-state index contributed by atoms with van der Waals surface area (Å²) < 4.78 is 0. The molecule has 3 rings (SSSR count). The van der Waals surface area contributed by atoms with Gasteiger partial charge in [-0.15, -0.1) is 11.8 Å². The topological polar surface area (TPSA) is 119 Å². The van der Waals surface area contributed by atoms with E-state index in [1.54, 1.807) is 29.2 Å². The average Bonchev–Trinajstić information content (AvgIpc) is 3.09. The van der Waals surface area contributed by atoms with E-state index in [0.717, 1.165) is 0 Å². The molecule has 0 aliphatic carbocycles. The first-order valence-corrected chi connectivity index (χ1v) is 9.89. The Morgan fingerprint density at radius 3 is 2.74 bits per heavy atom. The minimum Gasteiger partial charge on any atom is -0.507 e. The zero-order valence-corrected chi connectivity index (χ0v) is 15.6. The van der Waals surface area contributed by atoms with Crippen molar-refractivity contribution in [2.24, 2.45) is 0 Å². The molecule has 9 heteroatoms. The summed E-state index contributed by atoms with van der Waals surface area (Å²) in [7, 11) is 0. The van der Waals surface area contributed by atoms with Gasteiger partial charge in [0.1, 0.15) is 11.8 Å². The number of aliphatic hydroxyl groups is 1. The Bertz CT molecular complexity index is 729. The van der Waals surface area contributed by atoms with Gasteiger partial charge in [-0.05, 0) is 25.0 Å². The van der Waals surface area contributed by atoms with Crippen molar-refractivity contribution in [2.45, 2.75) is 42.3 Å². The number of nitrogens with one attached hydrogen (secondary N) is 2. The Kier molecular flexibility index (Phi) is 6.22. The number of hydrogen-bond donors (Lipinski definition) is 4. The van der Waals surface area contributed by atoms with Crippen LogP contribution in [-0.4, -0.2) is 69.9 Å².